The summed E-state index contributed by atoms with van der Waals surface area (Å²) in [5.74, 6) is 1.26. The lowest BCUT2D eigenvalue weighted by atomic mass is 9.79. The number of ketones is 1. The van der Waals surface area contributed by atoms with Crippen LogP contribution in [0.4, 0.5) is 5.69 Å². The lowest BCUT2D eigenvalue weighted by Crippen LogP contribution is -2.30. The van der Waals surface area contributed by atoms with Crippen LogP contribution in [0, 0.1) is 12.8 Å². The minimum Gasteiger partial charge on any atom is -0.497 e. The van der Waals surface area contributed by atoms with Crippen molar-refractivity contribution < 1.29 is 9.53 Å². The second kappa shape index (κ2) is 7.52. The molecule has 1 fully saturated rings. The fourth-order valence-electron chi connectivity index (χ4n) is 3.56. The van der Waals surface area contributed by atoms with Crippen LogP contribution < -0.4 is 10.1 Å². The van der Waals surface area contributed by atoms with Crippen molar-refractivity contribution in [3.8, 4) is 5.75 Å². The van der Waals surface area contributed by atoms with E-state index in [0.717, 1.165) is 30.7 Å². The summed E-state index contributed by atoms with van der Waals surface area (Å²) in [5, 5.41) is 3.61. The first kappa shape index (κ1) is 16.6. The maximum absolute atomic E-state index is 12.6. The van der Waals surface area contributed by atoms with Gasteiger partial charge in [-0.25, -0.2) is 0 Å². The van der Waals surface area contributed by atoms with Gasteiger partial charge in [-0.2, -0.15) is 0 Å². The number of aryl methyl sites for hydroxylation is 1. The maximum atomic E-state index is 12.6. The van der Waals surface area contributed by atoms with Gasteiger partial charge < -0.3 is 10.1 Å². The Bertz CT molecular complexity index is 693. The molecular formula is C21H25NO2. The van der Waals surface area contributed by atoms with Crippen LogP contribution in [0.2, 0.25) is 0 Å². The average Bonchev–Trinajstić information content (AvgIpc) is 2.62. The number of benzene rings is 2. The van der Waals surface area contributed by atoms with E-state index >= 15 is 0 Å². The van der Waals surface area contributed by atoms with Crippen LogP contribution in [0.25, 0.3) is 0 Å². The predicted molar refractivity (Wildman–Crippen MR) is 97.5 cm³/mol. The van der Waals surface area contributed by atoms with Gasteiger partial charge in [-0.1, -0.05) is 30.7 Å². The molecule has 1 aliphatic carbocycles. The Morgan fingerprint density at radius 3 is 2.50 bits per heavy atom. The predicted octanol–water partition coefficient (Wildman–Crippen LogP) is 4.92. The molecule has 2 aromatic rings. The summed E-state index contributed by atoms with van der Waals surface area (Å²) < 4.78 is 5.23. The standard InChI is InChI=1S/C21H25NO2/c1-15-7-3-4-8-18(15)21(19-9-5-6-10-20(19)23)22-16-11-13-17(24-2)14-12-16/h3-4,7-8,11-14,19,21-22H,5-6,9-10H2,1-2H3. The summed E-state index contributed by atoms with van der Waals surface area (Å²) >= 11 is 0. The Balaban J connectivity index is 1.91. The smallest absolute Gasteiger partial charge is 0.138 e. The van der Waals surface area contributed by atoms with Gasteiger partial charge in [0.15, 0.2) is 0 Å². The Hall–Kier alpha value is -2.29. The minimum atomic E-state index is 0.0207. The first-order valence-electron chi connectivity index (χ1n) is 8.68. The second-order valence-electron chi connectivity index (χ2n) is 6.53. The summed E-state index contributed by atoms with van der Waals surface area (Å²) in [4.78, 5) is 12.6. The fraction of sp³-hybridized carbons (Fsp3) is 0.381. The van der Waals surface area contributed by atoms with Crippen molar-refractivity contribution in [1.29, 1.82) is 0 Å². The molecule has 0 aliphatic heterocycles. The van der Waals surface area contributed by atoms with Gasteiger partial charge in [0.1, 0.15) is 11.5 Å². The number of Topliss-reactive ketones (excluding diaryl/α,β-unsaturated/α-hetero) is 1. The third kappa shape index (κ3) is 3.61. The van der Waals surface area contributed by atoms with Gasteiger partial charge in [-0.05, 0) is 55.2 Å². The molecule has 2 atom stereocenters. The monoisotopic (exact) mass is 323 g/mol. The molecule has 3 heteroatoms. The summed E-state index contributed by atoms with van der Waals surface area (Å²) in [6, 6.07) is 16.3. The number of nitrogens with one attached hydrogen (secondary N) is 1. The van der Waals surface area contributed by atoms with Crippen LogP contribution in [0.1, 0.15) is 42.9 Å². The van der Waals surface area contributed by atoms with E-state index in [9.17, 15) is 4.79 Å². The van der Waals surface area contributed by atoms with Gasteiger partial charge in [-0.15, -0.1) is 0 Å². The summed E-state index contributed by atoms with van der Waals surface area (Å²) in [6.07, 6.45) is 3.82. The summed E-state index contributed by atoms with van der Waals surface area (Å²) in [7, 11) is 1.67. The van der Waals surface area contributed by atoms with E-state index in [1.165, 1.54) is 11.1 Å². The van der Waals surface area contributed by atoms with E-state index in [2.05, 4.69) is 30.4 Å². The van der Waals surface area contributed by atoms with Gasteiger partial charge in [-0.3, -0.25) is 4.79 Å². The van der Waals surface area contributed by atoms with Crippen molar-refractivity contribution in [2.75, 3.05) is 12.4 Å². The normalized spacial score (nSPS) is 18.9. The molecule has 126 valence electrons. The number of ether oxygens (including phenoxy) is 1. The van der Waals surface area contributed by atoms with Crippen LogP contribution in [0.3, 0.4) is 0 Å². The molecule has 2 unspecified atom stereocenters. The Morgan fingerprint density at radius 1 is 1.08 bits per heavy atom. The van der Waals surface area contributed by atoms with Gasteiger partial charge in [0.2, 0.25) is 0 Å². The Labute approximate surface area is 144 Å². The molecule has 0 radical (unpaired) electrons. The first-order valence-corrected chi connectivity index (χ1v) is 8.68. The molecule has 3 nitrogen and oxygen atoms in total. The van der Waals surface area contributed by atoms with E-state index in [0.29, 0.717) is 12.2 Å². The number of carbonyl (C=O) groups is 1. The molecule has 0 amide bonds. The Kier molecular flexibility index (Phi) is 5.19. The van der Waals surface area contributed by atoms with Crippen molar-refractivity contribution in [2.24, 2.45) is 5.92 Å². The van der Waals surface area contributed by atoms with E-state index in [1.807, 2.05) is 30.3 Å². The van der Waals surface area contributed by atoms with Crippen molar-refractivity contribution >= 4 is 11.5 Å². The van der Waals surface area contributed by atoms with Crippen molar-refractivity contribution in [1.82, 2.24) is 0 Å². The molecule has 1 N–H and O–H groups in total. The van der Waals surface area contributed by atoms with Gasteiger partial charge >= 0.3 is 0 Å². The summed E-state index contributed by atoms with van der Waals surface area (Å²) in [6.45, 7) is 2.12. The highest BCUT2D eigenvalue weighted by molar-refractivity contribution is 5.83. The highest BCUT2D eigenvalue weighted by Gasteiger charge is 2.32. The van der Waals surface area contributed by atoms with Crippen LogP contribution >= 0.6 is 0 Å². The average molecular weight is 323 g/mol. The quantitative estimate of drug-likeness (QED) is 0.849. The summed E-state index contributed by atoms with van der Waals surface area (Å²) in [5.41, 5.74) is 3.46. The molecule has 0 spiro atoms. The van der Waals surface area contributed by atoms with Gasteiger partial charge in [0.05, 0.1) is 13.2 Å². The molecule has 1 aliphatic rings. The molecule has 0 bridgehead atoms. The molecule has 0 saturated heterocycles. The van der Waals surface area contributed by atoms with Gasteiger partial charge in [0.25, 0.3) is 0 Å². The highest BCUT2D eigenvalue weighted by Crippen LogP contribution is 2.36. The number of hydrogen-bond donors (Lipinski definition) is 1. The van der Waals surface area contributed by atoms with E-state index in [4.69, 9.17) is 4.74 Å². The van der Waals surface area contributed by atoms with Crippen LogP contribution in [-0.2, 0) is 4.79 Å². The molecule has 3 rings (SSSR count). The number of rotatable bonds is 5. The zero-order valence-corrected chi connectivity index (χ0v) is 14.4. The molecule has 2 aromatic carbocycles. The zero-order chi connectivity index (χ0) is 16.9. The third-order valence-electron chi connectivity index (χ3n) is 4.94. The largest absolute Gasteiger partial charge is 0.497 e. The molecule has 24 heavy (non-hydrogen) atoms. The second-order valence-corrected chi connectivity index (χ2v) is 6.53. The fourth-order valence-corrected chi connectivity index (χ4v) is 3.56. The molecular weight excluding hydrogens is 298 g/mol. The Morgan fingerprint density at radius 2 is 1.83 bits per heavy atom. The van der Waals surface area contributed by atoms with E-state index < -0.39 is 0 Å². The SMILES string of the molecule is COc1ccc(NC(c2ccccc2C)C2CCCCC2=O)cc1. The highest BCUT2D eigenvalue weighted by atomic mass is 16.5. The van der Waals surface area contributed by atoms with Crippen molar-refractivity contribution in [3.05, 3.63) is 59.7 Å². The zero-order valence-electron chi connectivity index (χ0n) is 14.4. The third-order valence-corrected chi connectivity index (χ3v) is 4.94. The van der Waals surface area contributed by atoms with Crippen LogP contribution in [0.15, 0.2) is 48.5 Å². The van der Waals surface area contributed by atoms with E-state index in [1.54, 1.807) is 7.11 Å². The number of anilines is 1. The first-order chi connectivity index (χ1) is 11.7. The topological polar surface area (TPSA) is 38.3 Å². The lowest BCUT2D eigenvalue weighted by Gasteiger charge is -2.32. The van der Waals surface area contributed by atoms with Crippen LogP contribution in [0.5, 0.6) is 5.75 Å². The van der Waals surface area contributed by atoms with Crippen molar-refractivity contribution in [2.45, 2.75) is 38.6 Å². The van der Waals surface area contributed by atoms with E-state index in [-0.39, 0.29) is 12.0 Å². The maximum Gasteiger partial charge on any atom is 0.138 e. The molecule has 0 heterocycles. The number of methoxy groups -OCH3 is 1. The number of carbonyl (C=O) groups excluding carboxylic acids is 1. The number of hydrogen-bond acceptors (Lipinski definition) is 3. The molecule has 0 aromatic heterocycles. The molecule has 1 saturated carbocycles. The van der Waals surface area contributed by atoms with Crippen molar-refractivity contribution in [3.63, 3.8) is 0 Å². The lowest BCUT2D eigenvalue weighted by molar-refractivity contribution is -0.125. The van der Waals surface area contributed by atoms with Crippen LogP contribution in [-0.4, -0.2) is 12.9 Å². The minimum absolute atomic E-state index is 0.0207. The van der Waals surface area contributed by atoms with Gasteiger partial charge in [0, 0.05) is 18.0 Å².